The number of piperidine rings is 1. The molecule has 0 aromatic rings. The molecule has 3 saturated carbocycles. The van der Waals surface area contributed by atoms with Gasteiger partial charge in [-0.05, 0) is 125 Å². The van der Waals surface area contributed by atoms with E-state index in [0.29, 0.717) is 10.8 Å². The number of carbonyl (C=O) groups is 1. The molecule has 4 nitrogen and oxygen atoms in total. The molecule has 2 N–H and O–H groups in total. The van der Waals surface area contributed by atoms with Crippen molar-refractivity contribution in [1.82, 2.24) is 5.32 Å². The maximum absolute atomic E-state index is 12.8. The number of esters is 1. The van der Waals surface area contributed by atoms with Crippen molar-refractivity contribution in [2.24, 2.45) is 40.4 Å². The Hall–Kier alpha value is -0.580. The molecule has 1 aliphatic heterocycles. The minimum atomic E-state index is -0.536. The van der Waals surface area contributed by atoms with E-state index in [1.165, 1.54) is 51.4 Å². The smallest absolute Gasteiger partial charge is 0.323 e. The highest BCUT2D eigenvalue weighted by atomic mass is 35.5. The van der Waals surface area contributed by atoms with Crippen LogP contribution in [0.2, 0.25) is 0 Å². The molecule has 1 saturated heterocycles. The largest absolute Gasteiger partial charge is 0.461 e. The molecule has 218 valence electrons. The van der Waals surface area contributed by atoms with Crippen LogP contribution in [0, 0.1) is 40.4 Å². The molecule has 1 heterocycles. The molecular formula is C33H56ClNO3. The first-order valence-corrected chi connectivity index (χ1v) is 15.9. The molecular weight excluding hydrogens is 494 g/mol. The molecule has 5 aliphatic rings. The van der Waals surface area contributed by atoms with Gasteiger partial charge in [0.15, 0.2) is 0 Å². The van der Waals surface area contributed by atoms with E-state index >= 15 is 0 Å². The Morgan fingerprint density at radius 3 is 2.63 bits per heavy atom. The van der Waals surface area contributed by atoms with E-state index in [1.807, 2.05) is 13.8 Å². The van der Waals surface area contributed by atoms with Gasteiger partial charge in [0.05, 0.1) is 5.60 Å². The van der Waals surface area contributed by atoms with Crippen LogP contribution in [-0.2, 0) is 9.53 Å². The first kappa shape index (κ1) is 30.4. The Kier molecular flexibility index (Phi) is 9.38. The number of ether oxygens (including phenoxy) is 1. The van der Waals surface area contributed by atoms with Crippen LogP contribution in [0.1, 0.15) is 125 Å². The summed E-state index contributed by atoms with van der Waals surface area (Å²) >= 11 is 0. The summed E-state index contributed by atoms with van der Waals surface area (Å²) in [7, 11) is 0. The molecule has 0 aromatic carbocycles. The average Bonchev–Trinajstić information content (AvgIpc) is 3.21. The summed E-state index contributed by atoms with van der Waals surface area (Å²) in [4.78, 5) is 12.8. The predicted octanol–water partition coefficient (Wildman–Crippen LogP) is 7.62. The Morgan fingerprint density at radius 1 is 1.13 bits per heavy atom. The first-order valence-electron chi connectivity index (χ1n) is 15.9. The summed E-state index contributed by atoms with van der Waals surface area (Å²) in [6.45, 7) is 12.5. The lowest BCUT2D eigenvalue weighted by Crippen LogP contribution is -2.51. The van der Waals surface area contributed by atoms with Crippen molar-refractivity contribution in [3.63, 3.8) is 0 Å². The number of halogens is 1. The minimum absolute atomic E-state index is 0. The van der Waals surface area contributed by atoms with Crippen molar-refractivity contribution < 1.29 is 14.6 Å². The molecule has 0 bridgehead atoms. The van der Waals surface area contributed by atoms with Crippen molar-refractivity contribution >= 4 is 18.4 Å². The van der Waals surface area contributed by atoms with Crippen molar-refractivity contribution in [3.8, 4) is 0 Å². The lowest BCUT2D eigenvalue weighted by molar-refractivity contribution is -0.154. The van der Waals surface area contributed by atoms with Gasteiger partial charge in [-0.2, -0.15) is 0 Å². The van der Waals surface area contributed by atoms with Crippen LogP contribution in [0.3, 0.4) is 0 Å². The third-order valence-corrected chi connectivity index (χ3v) is 12.1. The normalized spacial score (nSPS) is 41.6. The highest BCUT2D eigenvalue weighted by Crippen LogP contribution is 2.67. The van der Waals surface area contributed by atoms with Gasteiger partial charge in [-0.25, -0.2) is 0 Å². The van der Waals surface area contributed by atoms with Crippen molar-refractivity contribution in [1.29, 1.82) is 0 Å². The summed E-state index contributed by atoms with van der Waals surface area (Å²) in [6, 6.07) is -0.0874. The summed E-state index contributed by atoms with van der Waals surface area (Å²) in [6.07, 6.45) is 19.2. The summed E-state index contributed by atoms with van der Waals surface area (Å²) in [5.41, 5.74) is 1.85. The fourth-order valence-corrected chi connectivity index (χ4v) is 10.1. The number of allylic oxidation sites excluding steroid dienone is 1. The van der Waals surface area contributed by atoms with Gasteiger partial charge in [0.2, 0.25) is 0 Å². The SMILES string of the molecule is C[C@H](CCCC(C)(C)O)[C@H]1CC[C@H]2[C@@H]3CC=C4C[C@@H](OC(=O)[C@@H]5CCCCN5)CC[C@]4(C)[C@H]3CC[C@]12C.Cl. The van der Waals surface area contributed by atoms with Gasteiger partial charge in [-0.15, -0.1) is 12.4 Å². The lowest BCUT2D eigenvalue weighted by atomic mass is 9.47. The third-order valence-electron chi connectivity index (χ3n) is 12.1. The lowest BCUT2D eigenvalue weighted by Gasteiger charge is -2.58. The predicted molar refractivity (Wildman–Crippen MR) is 157 cm³/mol. The number of fused-ring (bicyclic) bond motifs is 5. The van der Waals surface area contributed by atoms with Crippen LogP contribution >= 0.6 is 12.4 Å². The highest BCUT2D eigenvalue weighted by molar-refractivity contribution is 5.85. The number of carbonyl (C=O) groups excluding carboxylic acids is 1. The Balaban J connectivity index is 0.00000336. The number of nitrogens with one attached hydrogen (secondary N) is 1. The van der Waals surface area contributed by atoms with Gasteiger partial charge in [0, 0.05) is 6.42 Å². The highest BCUT2D eigenvalue weighted by Gasteiger charge is 2.59. The van der Waals surface area contributed by atoms with Crippen LogP contribution in [0.25, 0.3) is 0 Å². The molecule has 5 heteroatoms. The molecule has 0 unspecified atom stereocenters. The Labute approximate surface area is 238 Å². The van der Waals surface area contributed by atoms with E-state index in [-0.39, 0.29) is 30.5 Å². The van der Waals surface area contributed by atoms with Gasteiger partial charge >= 0.3 is 5.97 Å². The van der Waals surface area contributed by atoms with Crippen LogP contribution in [0.15, 0.2) is 11.6 Å². The fourth-order valence-electron chi connectivity index (χ4n) is 10.1. The standard InChI is InChI=1S/C33H55NO3.ClH/c1-22(9-8-17-31(2,3)36)26-13-14-27-25-12-11-23-21-24(37-30(35)29-10-6-7-20-34-29)15-18-32(23,4)28(25)16-19-33(26,27)5;/h11,22,24-29,34,36H,6-10,12-21H2,1-5H3;1H/t22-,24+,25+,26-,27+,28+,29+,32+,33-;/m1./s1. The van der Waals surface area contributed by atoms with Crippen LogP contribution < -0.4 is 5.32 Å². The molecule has 0 spiro atoms. The van der Waals surface area contributed by atoms with E-state index in [0.717, 1.165) is 74.7 Å². The Bertz CT molecular complexity index is 861. The van der Waals surface area contributed by atoms with Crippen LogP contribution in [0.4, 0.5) is 0 Å². The third kappa shape index (κ3) is 5.89. The molecule has 38 heavy (non-hydrogen) atoms. The van der Waals surface area contributed by atoms with Crippen molar-refractivity contribution in [3.05, 3.63) is 11.6 Å². The van der Waals surface area contributed by atoms with E-state index in [9.17, 15) is 9.90 Å². The molecule has 5 rings (SSSR count). The zero-order valence-corrected chi connectivity index (χ0v) is 25.7. The fraction of sp³-hybridized carbons (Fsp3) is 0.909. The zero-order valence-electron chi connectivity index (χ0n) is 24.9. The van der Waals surface area contributed by atoms with Gasteiger partial charge in [0.1, 0.15) is 12.1 Å². The summed E-state index contributed by atoms with van der Waals surface area (Å²) < 4.78 is 6.08. The first-order chi connectivity index (χ1) is 17.5. The monoisotopic (exact) mass is 549 g/mol. The topological polar surface area (TPSA) is 58.6 Å². The second-order valence-corrected chi connectivity index (χ2v) is 15.0. The molecule has 0 aromatic heterocycles. The second kappa shape index (κ2) is 11.7. The number of aliphatic hydroxyl groups is 1. The maximum atomic E-state index is 12.8. The van der Waals surface area contributed by atoms with Gasteiger partial charge < -0.3 is 15.2 Å². The molecule has 0 amide bonds. The maximum Gasteiger partial charge on any atom is 0.323 e. The minimum Gasteiger partial charge on any atom is -0.461 e. The van der Waals surface area contributed by atoms with E-state index in [4.69, 9.17) is 4.74 Å². The number of hydrogen-bond donors (Lipinski definition) is 2. The van der Waals surface area contributed by atoms with E-state index in [1.54, 1.807) is 5.57 Å². The molecule has 4 aliphatic carbocycles. The van der Waals surface area contributed by atoms with Gasteiger partial charge in [0.25, 0.3) is 0 Å². The summed E-state index contributed by atoms with van der Waals surface area (Å²) in [5, 5.41) is 13.5. The van der Waals surface area contributed by atoms with E-state index < -0.39 is 5.60 Å². The van der Waals surface area contributed by atoms with Crippen molar-refractivity contribution in [2.45, 2.75) is 142 Å². The number of hydrogen-bond acceptors (Lipinski definition) is 4. The average molecular weight is 550 g/mol. The number of rotatable bonds is 7. The van der Waals surface area contributed by atoms with Crippen LogP contribution in [0.5, 0.6) is 0 Å². The zero-order chi connectivity index (χ0) is 26.4. The summed E-state index contributed by atoms with van der Waals surface area (Å²) in [5.74, 6) is 4.06. The molecule has 0 radical (unpaired) electrons. The van der Waals surface area contributed by atoms with E-state index in [2.05, 4.69) is 32.2 Å². The second-order valence-electron chi connectivity index (χ2n) is 15.0. The van der Waals surface area contributed by atoms with Gasteiger partial charge in [-0.3, -0.25) is 4.79 Å². The Morgan fingerprint density at radius 2 is 1.92 bits per heavy atom. The van der Waals surface area contributed by atoms with Crippen LogP contribution in [-0.4, -0.2) is 35.4 Å². The van der Waals surface area contributed by atoms with Gasteiger partial charge in [-0.1, -0.05) is 51.7 Å². The molecule has 9 atom stereocenters. The quantitative estimate of drug-likeness (QED) is 0.253. The molecule has 4 fully saturated rings. The van der Waals surface area contributed by atoms with Crippen molar-refractivity contribution in [2.75, 3.05) is 6.54 Å².